The van der Waals surface area contributed by atoms with Crippen LogP contribution in [0, 0.1) is 0 Å². The number of primary amides is 1. The molecule has 0 heterocycles. The molecule has 0 aliphatic rings. The number of benzene rings is 2. The number of hydrazone groups is 1. The predicted molar refractivity (Wildman–Crippen MR) is 102 cm³/mol. The van der Waals surface area contributed by atoms with Gasteiger partial charge in [-0.25, -0.2) is 10.2 Å². The lowest BCUT2D eigenvalue weighted by molar-refractivity contribution is -0.123. The molecule has 8 heteroatoms. The summed E-state index contributed by atoms with van der Waals surface area (Å²) in [6.07, 6.45) is 2.16. The lowest BCUT2D eigenvalue weighted by atomic mass is 10.1. The zero-order valence-electron chi connectivity index (χ0n) is 15.0. The third kappa shape index (κ3) is 7.07. The molecule has 2 aromatic carbocycles. The molecule has 0 unspecified atom stereocenters. The van der Waals surface area contributed by atoms with Crippen LogP contribution in [0.2, 0.25) is 0 Å². The fourth-order valence-electron chi connectivity index (χ4n) is 2.24. The Morgan fingerprint density at radius 1 is 1.15 bits per heavy atom. The van der Waals surface area contributed by atoms with E-state index < -0.39 is 6.03 Å². The van der Waals surface area contributed by atoms with Crippen LogP contribution in [0.4, 0.5) is 4.79 Å². The largest absolute Gasteiger partial charge is 0.493 e. The van der Waals surface area contributed by atoms with Crippen LogP contribution in [0.25, 0.3) is 0 Å². The molecule has 0 saturated heterocycles. The highest BCUT2D eigenvalue weighted by atomic mass is 16.5. The van der Waals surface area contributed by atoms with Gasteiger partial charge in [0.25, 0.3) is 5.91 Å². The molecular weight excluding hydrogens is 348 g/mol. The maximum atomic E-state index is 11.9. The van der Waals surface area contributed by atoms with Gasteiger partial charge in [0, 0.05) is 6.54 Å². The van der Waals surface area contributed by atoms with E-state index in [0.29, 0.717) is 23.6 Å². The number of rotatable bonds is 9. The average Bonchev–Trinajstić information content (AvgIpc) is 2.67. The number of ether oxygens (including phenoxy) is 2. The van der Waals surface area contributed by atoms with Crippen molar-refractivity contribution in [2.45, 2.75) is 6.42 Å². The van der Waals surface area contributed by atoms with Gasteiger partial charge in [-0.2, -0.15) is 5.10 Å². The predicted octanol–water partition coefficient (Wildman–Crippen LogP) is 1.44. The van der Waals surface area contributed by atoms with Gasteiger partial charge >= 0.3 is 6.03 Å². The number of urea groups is 1. The van der Waals surface area contributed by atoms with Crippen LogP contribution < -0.4 is 25.9 Å². The molecule has 27 heavy (non-hydrogen) atoms. The highest BCUT2D eigenvalue weighted by Crippen LogP contribution is 2.27. The van der Waals surface area contributed by atoms with Gasteiger partial charge in [0.2, 0.25) is 0 Å². The van der Waals surface area contributed by atoms with Gasteiger partial charge in [-0.3, -0.25) is 4.79 Å². The minimum atomic E-state index is -0.753. The van der Waals surface area contributed by atoms with E-state index in [1.54, 1.807) is 18.2 Å². The van der Waals surface area contributed by atoms with E-state index in [-0.39, 0.29) is 12.5 Å². The number of methoxy groups -OCH3 is 1. The normalized spacial score (nSPS) is 10.4. The summed E-state index contributed by atoms with van der Waals surface area (Å²) in [5.41, 5.74) is 8.85. The van der Waals surface area contributed by atoms with Crippen molar-refractivity contribution < 1.29 is 19.1 Å². The summed E-state index contributed by atoms with van der Waals surface area (Å²) in [6, 6.07) is 14.2. The zero-order chi connectivity index (χ0) is 19.5. The van der Waals surface area contributed by atoms with Gasteiger partial charge in [0.05, 0.1) is 13.3 Å². The van der Waals surface area contributed by atoms with Crippen LogP contribution >= 0.6 is 0 Å². The molecule has 0 fully saturated rings. The van der Waals surface area contributed by atoms with Crippen molar-refractivity contribution in [1.82, 2.24) is 10.7 Å². The van der Waals surface area contributed by atoms with Crippen LogP contribution in [-0.4, -0.2) is 38.4 Å². The molecule has 2 aromatic rings. The number of nitrogens with zero attached hydrogens (tertiary/aromatic N) is 1. The first kappa shape index (κ1) is 19.8. The number of hydrogen-bond acceptors (Lipinski definition) is 5. The third-order valence-corrected chi connectivity index (χ3v) is 3.51. The van der Waals surface area contributed by atoms with Crippen molar-refractivity contribution in [1.29, 1.82) is 0 Å². The van der Waals surface area contributed by atoms with Gasteiger partial charge in [0.15, 0.2) is 18.1 Å². The van der Waals surface area contributed by atoms with Crippen LogP contribution in [0.1, 0.15) is 11.1 Å². The van der Waals surface area contributed by atoms with E-state index in [1.807, 2.05) is 30.3 Å². The Hall–Kier alpha value is -3.55. The summed E-state index contributed by atoms with van der Waals surface area (Å²) < 4.78 is 10.8. The highest BCUT2D eigenvalue weighted by molar-refractivity contribution is 5.82. The van der Waals surface area contributed by atoms with Crippen molar-refractivity contribution in [3.8, 4) is 11.5 Å². The smallest absolute Gasteiger partial charge is 0.332 e. The van der Waals surface area contributed by atoms with Gasteiger partial charge in [-0.05, 0) is 35.7 Å². The van der Waals surface area contributed by atoms with Crippen molar-refractivity contribution in [2.24, 2.45) is 10.8 Å². The average molecular weight is 370 g/mol. The second-order valence-electron chi connectivity index (χ2n) is 5.52. The van der Waals surface area contributed by atoms with Gasteiger partial charge < -0.3 is 20.5 Å². The van der Waals surface area contributed by atoms with E-state index in [0.717, 1.165) is 12.0 Å². The summed E-state index contributed by atoms with van der Waals surface area (Å²) in [6.45, 7) is 0.410. The Kier molecular flexibility index (Phi) is 7.65. The van der Waals surface area contributed by atoms with E-state index in [4.69, 9.17) is 15.2 Å². The van der Waals surface area contributed by atoms with Crippen molar-refractivity contribution >= 4 is 18.2 Å². The number of amides is 3. The zero-order valence-corrected chi connectivity index (χ0v) is 15.0. The molecule has 0 aliphatic carbocycles. The fourth-order valence-corrected chi connectivity index (χ4v) is 2.24. The number of nitrogens with one attached hydrogen (secondary N) is 2. The summed E-state index contributed by atoms with van der Waals surface area (Å²) in [5.74, 6) is 0.648. The Bertz CT molecular complexity index is 794. The first-order chi connectivity index (χ1) is 13.1. The first-order valence-electron chi connectivity index (χ1n) is 8.28. The molecule has 4 N–H and O–H groups in total. The molecule has 0 aliphatic heterocycles. The van der Waals surface area contributed by atoms with Crippen LogP contribution in [-0.2, 0) is 11.2 Å². The molecular formula is C19H22N4O4. The van der Waals surface area contributed by atoms with E-state index in [2.05, 4.69) is 15.8 Å². The van der Waals surface area contributed by atoms with Gasteiger partial charge in [-0.1, -0.05) is 30.3 Å². The van der Waals surface area contributed by atoms with Crippen LogP contribution in [0.5, 0.6) is 11.5 Å². The Morgan fingerprint density at radius 2 is 1.93 bits per heavy atom. The first-order valence-corrected chi connectivity index (χ1v) is 8.28. The monoisotopic (exact) mass is 370 g/mol. The summed E-state index contributed by atoms with van der Waals surface area (Å²) in [7, 11) is 1.49. The van der Waals surface area contributed by atoms with Crippen LogP contribution in [0.15, 0.2) is 53.6 Å². The number of carbonyl (C=O) groups excluding carboxylic acids is 2. The molecule has 0 saturated carbocycles. The standard InChI is InChI=1S/C19H22N4O4/c1-26-17-11-15(12-22-23-19(20)25)7-8-16(17)27-13-18(24)21-10-9-14-5-3-2-4-6-14/h2-8,11-12H,9-10,13H2,1H3,(H,21,24)(H3,20,23,25)/b22-12+. The molecule has 0 atom stereocenters. The van der Waals surface area contributed by atoms with Crippen molar-refractivity contribution in [2.75, 3.05) is 20.3 Å². The number of carbonyl (C=O) groups is 2. The topological polar surface area (TPSA) is 115 Å². The summed E-state index contributed by atoms with van der Waals surface area (Å²) >= 11 is 0. The minimum Gasteiger partial charge on any atom is -0.493 e. The molecule has 0 bridgehead atoms. The molecule has 142 valence electrons. The van der Waals surface area contributed by atoms with E-state index >= 15 is 0 Å². The third-order valence-electron chi connectivity index (χ3n) is 3.51. The maximum Gasteiger partial charge on any atom is 0.332 e. The minimum absolute atomic E-state index is 0.123. The summed E-state index contributed by atoms with van der Waals surface area (Å²) in [4.78, 5) is 22.5. The lowest BCUT2D eigenvalue weighted by Crippen LogP contribution is -2.30. The number of hydrogen-bond donors (Lipinski definition) is 3. The Balaban J connectivity index is 1.82. The Morgan fingerprint density at radius 3 is 2.63 bits per heavy atom. The van der Waals surface area contributed by atoms with Gasteiger partial charge in [0.1, 0.15) is 0 Å². The Labute approximate surface area is 157 Å². The summed E-state index contributed by atoms with van der Waals surface area (Å²) in [5, 5.41) is 6.48. The highest BCUT2D eigenvalue weighted by Gasteiger charge is 2.08. The fraction of sp³-hybridized carbons (Fsp3) is 0.211. The molecule has 2 rings (SSSR count). The van der Waals surface area contributed by atoms with E-state index in [9.17, 15) is 9.59 Å². The molecule has 0 radical (unpaired) electrons. The lowest BCUT2D eigenvalue weighted by Gasteiger charge is -2.11. The molecule has 0 aromatic heterocycles. The molecule has 3 amide bonds. The van der Waals surface area contributed by atoms with Crippen molar-refractivity contribution in [3.05, 3.63) is 59.7 Å². The molecule has 0 spiro atoms. The second-order valence-corrected chi connectivity index (χ2v) is 5.52. The number of nitrogens with two attached hydrogens (primary N) is 1. The second kappa shape index (κ2) is 10.4. The van der Waals surface area contributed by atoms with Gasteiger partial charge in [-0.15, -0.1) is 0 Å². The van der Waals surface area contributed by atoms with Crippen LogP contribution in [0.3, 0.4) is 0 Å². The van der Waals surface area contributed by atoms with Crippen molar-refractivity contribution in [3.63, 3.8) is 0 Å². The molecule has 8 nitrogen and oxygen atoms in total. The maximum absolute atomic E-state index is 11.9. The van der Waals surface area contributed by atoms with E-state index in [1.165, 1.54) is 13.3 Å². The SMILES string of the molecule is COc1cc(/C=N/NC(N)=O)ccc1OCC(=O)NCCc1ccccc1. The quantitative estimate of drug-likeness (QED) is 0.457.